The van der Waals surface area contributed by atoms with E-state index in [-0.39, 0.29) is 17.7 Å². The highest BCUT2D eigenvalue weighted by molar-refractivity contribution is 6.61. The first-order valence-electron chi connectivity index (χ1n) is 6.95. The van der Waals surface area contributed by atoms with Crippen LogP contribution in [-0.2, 0) is 22.8 Å². The topological polar surface area (TPSA) is 54.0 Å². The molecular weight excluding hydrogens is 276 g/mol. The van der Waals surface area contributed by atoms with Crippen LogP contribution in [0.1, 0.15) is 40.5 Å². The van der Waals surface area contributed by atoms with Crippen molar-refractivity contribution in [2.75, 3.05) is 13.7 Å². The minimum absolute atomic E-state index is 0.114. The molecule has 0 radical (unpaired) electrons. The molecule has 1 fully saturated rings. The maximum Gasteiger partial charge on any atom is 0.501 e. The number of carbonyl (C=O) groups is 1. The Morgan fingerprint density at radius 3 is 2.65 bits per heavy atom. The zero-order chi connectivity index (χ0) is 15.4. The highest BCUT2D eigenvalue weighted by atomic mass is 28.4. The average Bonchev–Trinajstić information content (AvgIpc) is 2.31. The molecule has 1 heterocycles. The number of rotatable bonds is 6. The van der Waals surface area contributed by atoms with Gasteiger partial charge in [-0.2, -0.15) is 0 Å². The lowest BCUT2D eigenvalue weighted by molar-refractivity contribution is -0.139. The molecule has 0 amide bonds. The molecule has 1 saturated heterocycles. The summed E-state index contributed by atoms with van der Waals surface area (Å²) in [7, 11) is -1.04. The summed E-state index contributed by atoms with van der Waals surface area (Å²) in [6, 6.07) is 0.640. The minimum atomic E-state index is -2.67. The van der Waals surface area contributed by atoms with Gasteiger partial charge in [0, 0.05) is 24.8 Å². The van der Waals surface area contributed by atoms with E-state index in [1.54, 1.807) is 14.0 Å². The number of hydrogen-bond acceptors (Lipinski definition) is 5. The van der Waals surface area contributed by atoms with Crippen LogP contribution in [0, 0.1) is 0 Å². The molecule has 20 heavy (non-hydrogen) atoms. The third-order valence-electron chi connectivity index (χ3n) is 3.11. The monoisotopic (exact) mass is 302 g/mol. The number of hydrogen-bond donors (Lipinski definition) is 0. The lowest BCUT2D eigenvalue weighted by Gasteiger charge is -2.44. The SMILES string of the molecule is C=C(C)C(=O)OCCC[Si]1(OC)OC(C)CC(C)(C)O1. The van der Waals surface area contributed by atoms with Crippen LogP contribution in [0.15, 0.2) is 12.2 Å². The summed E-state index contributed by atoms with van der Waals surface area (Å²) in [5.41, 5.74) is 0.164. The Bertz CT molecular complexity index is 369. The van der Waals surface area contributed by atoms with Crippen molar-refractivity contribution in [1.82, 2.24) is 0 Å². The Kier molecular flexibility index (Phi) is 5.94. The van der Waals surface area contributed by atoms with Crippen LogP contribution >= 0.6 is 0 Å². The molecule has 0 spiro atoms. The van der Waals surface area contributed by atoms with Gasteiger partial charge in [-0.05, 0) is 40.5 Å². The summed E-state index contributed by atoms with van der Waals surface area (Å²) in [6.07, 6.45) is 1.61. The fraction of sp³-hybridized carbons (Fsp3) is 0.786. The van der Waals surface area contributed by atoms with E-state index in [0.29, 0.717) is 24.6 Å². The van der Waals surface area contributed by atoms with Gasteiger partial charge in [0.25, 0.3) is 0 Å². The van der Waals surface area contributed by atoms with Crippen molar-refractivity contribution in [3.05, 3.63) is 12.2 Å². The van der Waals surface area contributed by atoms with Gasteiger partial charge in [-0.1, -0.05) is 6.58 Å². The predicted octanol–water partition coefficient (Wildman–Crippen LogP) is 2.69. The van der Waals surface area contributed by atoms with Gasteiger partial charge in [-0.3, -0.25) is 0 Å². The van der Waals surface area contributed by atoms with Gasteiger partial charge in [0.05, 0.1) is 12.2 Å². The second kappa shape index (κ2) is 6.84. The first-order valence-corrected chi connectivity index (χ1v) is 8.89. The highest BCUT2D eigenvalue weighted by Gasteiger charge is 2.50. The Balaban J connectivity index is 2.49. The zero-order valence-electron chi connectivity index (χ0n) is 13.2. The minimum Gasteiger partial charge on any atom is -0.462 e. The van der Waals surface area contributed by atoms with Crippen LogP contribution in [0.3, 0.4) is 0 Å². The van der Waals surface area contributed by atoms with Crippen LogP contribution in [-0.4, -0.2) is 40.2 Å². The molecule has 1 rings (SSSR count). The third kappa shape index (κ3) is 5.01. The van der Waals surface area contributed by atoms with Crippen molar-refractivity contribution in [3.8, 4) is 0 Å². The van der Waals surface area contributed by atoms with Crippen LogP contribution in [0.4, 0.5) is 0 Å². The lowest BCUT2D eigenvalue weighted by atomic mass is 10.0. The Labute approximate surface area is 122 Å². The van der Waals surface area contributed by atoms with Gasteiger partial charge < -0.3 is 18.0 Å². The smallest absolute Gasteiger partial charge is 0.462 e. The van der Waals surface area contributed by atoms with E-state index < -0.39 is 8.80 Å². The van der Waals surface area contributed by atoms with E-state index in [2.05, 4.69) is 6.58 Å². The summed E-state index contributed by atoms with van der Waals surface area (Å²) in [4.78, 5) is 11.3. The highest BCUT2D eigenvalue weighted by Crippen LogP contribution is 2.34. The van der Waals surface area contributed by atoms with E-state index in [1.165, 1.54) is 0 Å². The molecule has 6 heteroatoms. The van der Waals surface area contributed by atoms with Gasteiger partial charge >= 0.3 is 14.8 Å². The maximum absolute atomic E-state index is 11.3. The molecule has 0 aromatic heterocycles. The standard InChI is InChI=1S/C14H26O5Si/c1-11(2)13(15)17-8-7-9-20(16-6)18-12(3)10-14(4,5)19-20/h12H,1,7-10H2,2-6H3. The molecule has 0 aromatic carbocycles. The molecule has 0 bridgehead atoms. The molecule has 2 unspecified atom stereocenters. The summed E-state index contributed by atoms with van der Waals surface area (Å²) in [5, 5.41) is 0. The van der Waals surface area contributed by atoms with Crippen LogP contribution in [0.2, 0.25) is 6.04 Å². The Morgan fingerprint density at radius 2 is 2.15 bits per heavy atom. The summed E-state index contributed by atoms with van der Waals surface area (Å²) < 4.78 is 22.7. The van der Waals surface area contributed by atoms with E-state index in [0.717, 1.165) is 6.42 Å². The van der Waals surface area contributed by atoms with Crippen molar-refractivity contribution < 1.29 is 22.8 Å². The summed E-state index contributed by atoms with van der Waals surface area (Å²) >= 11 is 0. The second-order valence-corrected chi connectivity index (χ2v) is 8.62. The van der Waals surface area contributed by atoms with Gasteiger partial charge in [0.1, 0.15) is 0 Å². The fourth-order valence-electron chi connectivity index (χ4n) is 2.41. The number of ether oxygens (including phenoxy) is 1. The van der Waals surface area contributed by atoms with Crippen LogP contribution in [0.25, 0.3) is 0 Å². The zero-order valence-corrected chi connectivity index (χ0v) is 14.2. The Hall–Kier alpha value is -0.693. The van der Waals surface area contributed by atoms with Crippen molar-refractivity contribution in [3.63, 3.8) is 0 Å². The lowest BCUT2D eigenvalue weighted by Crippen LogP contribution is -2.57. The third-order valence-corrected chi connectivity index (χ3v) is 6.32. The first-order chi connectivity index (χ1) is 9.20. The van der Waals surface area contributed by atoms with Gasteiger partial charge in [0.2, 0.25) is 0 Å². The fourth-order valence-corrected chi connectivity index (χ4v) is 5.26. The van der Waals surface area contributed by atoms with Crippen molar-refractivity contribution in [2.24, 2.45) is 0 Å². The largest absolute Gasteiger partial charge is 0.501 e. The molecule has 1 aliphatic rings. The predicted molar refractivity (Wildman–Crippen MR) is 78.3 cm³/mol. The van der Waals surface area contributed by atoms with Crippen molar-refractivity contribution >= 4 is 14.8 Å². The molecule has 0 aliphatic carbocycles. The molecule has 5 nitrogen and oxygen atoms in total. The molecular formula is C14H26O5Si. The second-order valence-electron chi connectivity index (χ2n) is 5.90. The number of carbonyl (C=O) groups excluding carboxylic acids is 1. The molecule has 0 saturated carbocycles. The summed E-state index contributed by atoms with van der Waals surface area (Å²) in [5.74, 6) is -0.364. The van der Waals surface area contributed by atoms with Crippen molar-refractivity contribution in [1.29, 1.82) is 0 Å². The van der Waals surface area contributed by atoms with Gasteiger partial charge in [0.15, 0.2) is 0 Å². The van der Waals surface area contributed by atoms with Crippen molar-refractivity contribution in [2.45, 2.75) is 58.3 Å². The van der Waals surface area contributed by atoms with E-state index >= 15 is 0 Å². The molecule has 1 aliphatic heterocycles. The van der Waals surface area contributed by atoms with Gasteiger partial charge in [-0.25, -0.2) is 4.79 Å². The van der Waals surface area contributed by atoms with Crippen LogP contribution in [0.5, 0.6) is 0 Å². The number of esters is 1. The first kappa shape index (κ1) is 17.4. The van der Waals surface area contributed by atoms with E-state index in [9.17, 15) is 4.79 Å². The maximum atomic E-state index is 11.3. The molecule has 0 N–H and O–H groups in total. The molecule has 116 valence electrons. The Morgan fingerprint density at radius 1 is 1.50 bits per heavy atom. The van der Waals surface area contributed by atoms with E-state index in [1.807, 2.05) is 20.8 Å². The molecule has 0 aromatic rings. The molecule has 2 atom stereocenters. The van der Waals surface area contributed by atoms with Gasteiger partial charge in [-0.15, -0.1) is 0 Å². The summed E-state index contributed by atoms with van der Waals surface area (Å²) in [6.45, 7) is 11.6. The quantitative estimate of drug-likeness (QED) is 0.327. The van der Waals surface area contributed by atoms with Crippen LogP contribution < -0.4 is 0 Å². The normalized spacial score (nSPS) is 28.9. The average molecular weight is 302 g/mol. The van der Waals surface area contributed by atoms with E-state index in [4.69, 9.17) is 18.0 Å².